The first-order valence-electron chi connectivity index (χ1n) is 4.15. The van der Waals surface area contributed by atoms with E-state index in [4.69, 9.17) is 9.84 Å². The van der Waals surface area contributed by atoms with Crippen molar-refractivity contribution >= 4 is 5.97 Å². The maximum atomic E-state index is 10.2. The Balaban J connectivity index is 3.21. The van der Waals surface area contributed by atoms with Gasteiger partial charge in [-0.05, 0) is 14.0 Å². The highest BCUT2D eigenvalue weighted by Crippen LogP contribution is 1.87. The van der Waals surface area contributed by atoms with Crippen molar-refractivity contribution < 1.29 is 14.6 Å². The number of rotatable bonds is 7. The normalized spacial score (nSPS) is 10.6. The summed E-state index contributed by atoms with van der Waals surface area (Å²) in [6, 6.07) is 0. The standard InChI is InChI=1S/C8H17NO3/c1-3-12-7-6-9(2)5-4-8(10)11/h3-7H2,1-2H3,(H,10,11). The lowest BCUT2D eigenvalue weighted by atomic mass is 10.4. The molecule has 0 rings (SSSR count). The van der Waals surface area contributed by atoms with Gasteiger partial charge >= 0.3 is 5.97 Å². The van der Waals surface area contributed by atoms with Crippen LogP contribution >= 0.6 is 0 Å². The third-order valence-electron chi connectivity index (χ3n) is 1.53. The van der Waals surface area contributed by atoms with Crippen LogP contribution in [0, 0.1) is 0 Å². The third kappa shape index (κ3) is 7.50. The second-order valence-corrected chi connectivity index (χ2v) is 2.64. The van der Waals surface area contributed by atoms with E-state index in [1.807, 2.05) is 18.9 Å². The van der Waals surface area contributed by atoms with Gasteiger partial charge in [0.1, 0.15) is 0 Å². The average molecular weight is 175 g/mol. The summed E-state index contributed by atoms with van der Waals surface area (Å²) >= 11 is 0. The summed E-state index contributed by atoms with van der Waals surface area (Å²) in [4.78, 5) is 12.1. The lowest BCUT2D eigenvalue weighted by molar-refractivity contribution is -0.137. The minimum Gasteiger partial charge on any atom is -0.481 e. The summed E-state index contributed by atoms with van der Waals surface area (Å²) in [6.45, 7) is 4.71. The molecular formula is C8H17NO3. The van der Waals surface area contributed by atoms with Gasteiger partial charge in [-0.25, -0.2) is 0 Å². The molecule has 1 N–H and O–H groups in total. The molecule has 0 aromatic rings. The first-order valence-corrected chi connectivity index (χ1v) is 4.15. The van der Waals surface area contributed by atoms with Crippen molar-refractivity contribution in [1.29, 1.82) is 0 Å². The van der Waals surface area contributed by atoms with Crippen LogP contribution < -0.4 is 0 Å². The van der Waals surface area contributed by atoms with Crippen LogP contribution in [0.4, 0.5) is 0 Å². The second-order valence-electron chi connectivity index (χ2n) is 2.64. The molecule has 0 spiro atoms. The van der Waals surface area contributed by atoms with Crippen molar-refractivity contribution in [2.75, 3.05) is 33.4 Å². The lowest BCUT2D eigenvalue weighted by Gasteiger charge is -2.14. The molecule has 0 aromatic carbocycles. The molecule has 0 aromatic heterocycles. The molecule has 4 nitrogen and oxygen atoms in total. The zero-order chi connectivity index (χ0) is 9.40. The Morgan fingerprint density at radius 3 is 2.67 bits per heavy atom. The molecule has 0 saturated heterocycles. The Morgan fingerprint density at radius 1 is 1.50 bits per heavy atom. The number of aliphatic carboxylic acids is 1. The van der Waals surface area contributed by atoms with E-state index >= 15 is 0 Å². The maximum Gasteiger partial charge on any atom is 0.304 e. The highest BCUT2D eigenvalue weighted by molar-refractivity contribution is 5.66. The summed E-state index contributed by atoms with van der Waals surface area (Å²) in [5, 5.41) is 8.38. The zero-order valence-corrected chi connectivity index (χ0v) is 7.75. The Morgan fingerprint density at radius 2 is 2.17 bits per heavy atom. The maximum absolute atomic E-state index is 10.2. The molecule has 0 radical (unpaired) electrons. The molecule has 0 aliphatic carbocycles. The van der Waals surface area contributed by atoms with Gasteiger partial charge in [-0.2, -0.15) is 0 Å². The molecule has 0 aliphatic heterocycles. The number of hydrogen-bond acceptors (Lipinski definition) is 3. The predicted molar refractivity (Wildman–Crippen MR) is 46.2 cm³/mol. The van der Waals surface area contributed by atoms with E-state index in [-0.39, 0.29) is 6.42 Å². The van der Waals surface area contributed by atoms with E-state index in [1.165, 1.54) is 0 Å². The summed E-state index contributed by atoms with van der Waals surface area (Å²) in [5.41, 5.74) is 0. The number of carbonyl (C=O) groups is 1. The van der Waals surface area contributed by atoms with Crippen molar-refractivity contribution in [3.05, 3.63) is 0 Å². The van der Waals surface area contributed by atoms with Gasteiger partial charge < -0.3 is 14.7 Å². The van der Waals surface area contributed by atoms with Crippen LogP contribution in [0.3, 0.4) is 0 Å². The molecule has 12 heavy (non-hydrogen) atoms. The van der Waals surface area contributed by atoms with E-state index in [0.717, 1.165) is 6.54 Å². The fraction of sp³-hybridized carbons (Fsp3) is 0.875. The molecular weight excluding hydrogens is 158 g/mol. The Kier molecular flexibility index (Phi) is 6.70. The van der Waals surface area contributed by atoms with Crippen molar-refractivity contribution in [2.45, 2.75) is 13.3 Å². The second kappa shape index (κ2) is 7.06. The summed E-state index contributed by atoms with van der Waals surface area (Å²) in [5.74, 6) is -0.752. The largest absolute Gasteiger partial charge is 0.481 e. The molecule has 4 heteroatoms. The van der Waals surface area contributed by atoms with E-state index in [2.05, 4.69) is 0 Å². The summed E-state index contributed by atoms with van der Waals surface area (Å²) in [6.07, 6.45) is 0.197. The van der Waals surface area contributed by atoms with Crippen LogP contribution in [-0.4, -0.2) is 49.3 Å². The fourth-order valence-corrected chi connectivity index (χ4v) is 0.763. The van der Waals surface area contributed by atoms with Crippen LogP contribution in [0.2, 0.25) is 0 Å². The minimum absolute atomic E-state index is 0.197. The lowest BCUT2D eigenvalue weighted by Crippen LogP contribution is -2.25. The quantitative estimate of drug-likeness (QED) is 0.570. The van der Waals surface area contributed by atoms with Gasteiger partial charge in [0.05, 0.1) is 13.0 Å². The predicted octanol–water partition coefficient (Wildman–Crippen LogP) is 0.429. The zero-order valence-electron chi connectivity index (χ0n) is 7.75. The number of carboxylic acid groups (broad SMARTS) is 1. The molecule has 0 heterocycles. The molecule has 0 fully saturated rings. The SMILES string of the molecule is CCOCCN(C)CCC(=O)O. The number of nitrogens with zero attached hydrogens (tertiary/aromatic N) is 1. The monoisotopic (exact) mass is 175 g/mol. The topological polar surface area (TPSA) is 49.8 Å². The van der Waals surface area contributed by atoms with Gasteiger partial charge in [-0.15, -0.1) is 0 Å². The molecule has 0 atom stereocenters. The van der Waals surface area contributed by atoms with E-state index < -0.39 is 5.97 Å². The van der Waals surface area contributed by atoms with Crippen molar-refractivity contribution in [3.63, 3.8) is 0 Å². The van der Waals surface area contributed by atoms with Crippen LogP contribution in [0.1, 0.15) is 13.3 Å². The highest BCUT2D eigenvalue weighted by atomic mass is 16.5. The Hall–Kier alpha value is -0.610. The molecule has 0 amide bonds. The van der Waals surface area contributed by atoms with Gasteiger partial charge in [0.15, 0.2) is 0 Å². The van der Waals surface area contributed by atoms with Gasteiger partial charge in [-0.1, -0.05) is 0 Å². The first kappa shape index (κ1) is 11.4. The summed E-state index contributed by atoms with van der Waals surface area (Å²) in [7, 11) is 1.89. The van der Waals surface area contributed by atoms with Crippen LogP contribution in [0.15, 0.2) is 0 Å². The van der Waals surface area contributed by atoms with Crippen LogP contribution in [-0.2, 0) is 9.53 Å². The number of hydrogen-bond donors (Lipinski definition) is 1. The van der Waals surface area contributed by atoms with Gasteiger partial charge in [-0.3, -0.25) is 4.79 Å². The van der Waals surface area contributed by atoms with E-state index in [9.17, 15) is 4.79 Å². The number of likely N-dealkylation sites (N-methyl/N-ethyl adjacent to an activating group) is 1. The van der Waals surface area contributed by atoms with Crippen molar-refractivity contribution in [1.82, 2.24) is 4.90 Å². The highest BCUT2D eigenvalue weighted by Gasteiger charge is 2.01. The smallest absolute Gasteiger partial charge is 0.304 e. The number of ether oxygens (including phenoxy) is 1. The van der Waals surface area contributed by atoms with Crippen LogP contribution in [0.25, 0.3) is 0 Å². The minimum atomic E-state index is -0.752. The van der Waals surface area contributed by atoms with Crippen LogP contribution in [0.5, 0.6) is 0 Å². The Labute approximate surface area is 73.1 Å². The van der Waals surface area contributed by atoms with E-state index in [1.54, 1.807) is 0 Å². The molecule has 0 aliphatic rings. The molecule has 72 valence electrons. The van der Waals surface area contributed by atoms with Gasteiger partial charge in [0.2, 0.25) is 0 Å². The van der Waals surface area contributed by atoms with Crippen molar-refractivity contribution in [3.8, 4) is 0 Å². The average Bonchev–Trinajstić information content (AvgIpc) is 2.01. The van der Waals surface area contributed by atoms with Crippen molar-refractivity contribution in [2.24, 2.45) is 0 Å². The van der Waals surface area contributed by atoms with Gasteiger partial charge in [0.25, 0.3) is 0 Å². The van der Waals surface area contributed by atoms with E-state index in [0.29, 0.717) is 19.8 Å². The third-order valence-corrected chi connectivity index (χ3v) is 1.53. The fourth-order valence-electron chi connectivity index (χ4n) is 0.763. The first-order chi connectivity index (χ1) is 5.66. The molecule has 0 bridgehead atoms. The Bertz CT molecular complexity index is 127. The molecule has 0 unspecified atom stereocenters. The molecule has 0 saturated carbocycles. The summed E-state index contributed by atoms with van der Waals surface area (Å²) < 4.78 is 5.12. The number of carboxylic acids is 1. The van der Waals surface area contributed by atoms with Gasteiger partial charge in [0, 0.05) is 19.7 Å².